The Morgan fingerprint density at radius 3 is 2.00 bits per heavy atom. The summed E-state index contributed by atoms with van der Waals surface area (Å²) in [6.07, 6.45) is 0.918. The maximum absolute atomic E-state index is 10.8. The molecule has 0 aromatic carbocycles. The third-order valence-electron chi connectivity index (χ3n) is 3.67. The molecule has 0 aromatic heterocycles. The maximum atomic E-state index is 10.8. The first-order valence-corrected chi connectivity index (χ1v) is 4.65. The summed E-state index contributed by atoms with van der Waals surface area (Å²) >= 11 is 0. The fourth-order valence-corrected chi connectivity index (χ4v) is 1.19. The molecule has 0 aliphatic rings. The predicted molar refractivity (Wildman–Crippen MR) is 53.5 cm³/mol. The number of aliphatic carboxylic acids is 1. The number of rotatable bonds is 4. The van der Waals surface area contributed by atoms with Crippen molar-refractivity contribution in [3.05, 3.63) is 0 Å². The number of carbonyl (C=O) groups is 1. The van der Waals surface area contributed by atoms with Crippen molar-refractivity contribution in [3.63, 3.8) is 0 Å². The van der Waals surface area contributed by atoms with Gasteiger partial charge in [0.2, 0.25) is 0 Å². The molecule has 0 bridgehead atoms. The van der Waals surface area contributed by atoms with E-state index < -0.39 is 17.4 Å². The zero-order valence-corrected chi connectivity index (χ0v) is 9.22. The Kier molecular flexibility index (Phi) is 3.50. The van der Waals surface area contributed by atoms with Crippen molar-refractivity contribution in [2.75, 3.05) is 0 Å². The number of carboxylic acid groups (broad SMARTS) is 1. The fourth-order valence-electron chi connectivity index (χ4n) is 1.19. The van der Waals surface area contributed by atoms with Gasteiger partial charge in [-0.25, -0.2) is 0 Å². The van der Waals surface area contributed by atoms with Crippen molar-refractivity contribution in [1.29, 1.82) is 0 Å². The third-order valence-corrected chi connectivity index (χ3v) is 3.67. The predicted octanol–water partition coefficient (Wildman–Crippen LogP) is 1.86. The molecule has 0 heterocycles. The molecule has 0 aromatic rings. The zero-order valence-electron chi connectivity index (χ0n) is 9.22. The van der Waals surface area contributed by atoms with E-state index in [1.807, 2.05) is 13.8 Å². The molecular weight excluding hydrogens is 166 g/mol. The van der Waals surface area contributed by atoms with E-state index >= 15 is 0 Å². The highest BCUT2D eigenvalue weighted by Gasteiger charge is 2.43. The number of hydrogen-bond acceptors (Lipinski definition) is 2. The van der Waals surface area contributed by atoms with Gasteiger partial charge in [0.25, 0.3) is 0 Å². The lowest BCUT2D eigenvalue weighted by atomic mass is 9.62. The topological polar surface area (TPSA) is 63.3 Å². The summed E-state index contributed by atoms with van der Waals surface area (Å²) in [6, 6.07) is -0.803. The molecule has 3 nitrogen and oxygen atoms in total. The Hall–Kier alpha value is -0.570. The first kappa shape index (κ1) is 12.4. The lowest BCUT2D eigenvalue weighted by Gasteiger charge is -2.43. The van der Waals surface area contributed by atoms with Gasteiger partial charge in [0, 0.05) is 0 Å². The fraction of sp³-hybridized carbons (Fsp3) is 0.900. The number of carboxylic acids is 1. The van der Waals surface area contributed by atoms with E-state index in [2.05, 4.69) is 20.8 Å². The highest BCUT2D eigenvalue weighted by Crippen LogP contribution is 2.43. The van der Waals surface area contributed by atoms with E-state index in [1.54, 1.807) is 0 Å². The van der Waals surface area contributed by atoms with Crippen LogP contribution in [0.2, 0.25) is 0 Å². The molecule has 1 atom stereocenters. The van der Waals surface area contributed by atoms with Crippen LogP contribution in [0.5, 0.6) is 0 Å². The van der Waals surface area contributed by atoms with Gasteiger partial charge in [0.05, 0.1) is 0 Å². The van der Waals surface area contributed by atoms with Gasteiger partial charge in [-0.15, -0.1) is 0 Å². The Morgan fingerprint density at radius 1 is 1.38 bits per heavy atom. The zero-order chi connectivity index (χ0) is 10.9. The van der Waals surface area contributed by atoms with Gasteiger partial charge >= 0.3 is 5.97 Å². The van der Waals surface area contributed by atoms with Crippen molar-refractivity contribution in [2.45, 2.75) is 47.1 Å². The normalized spacial score (nSPS) is 15.5. The van der Waals surface area contributed by atoms with E-state index in [0.717, 1.165) is 6.42 Å². The van der Waals surface area contributed by atoms with Crippen LogP contribution in [0, 0.1) is 10.8 Å². The minimum absolute atomic E-state index is 0.0647. The minimum Gasteiger partial charge on any atom is -0.480 e. The highest BCUT2D eigenvalue weighted by molar-refractivity contribution is 5.74. The lowest BCUT2D eigenvalue weighted by Crippen LogP contribution is -2.51. The van der Waals surface area contributed by atoms with Crippen LogP contribution in [-0.4, -0.2) is 17.1 Å². The summed E-state index contributed by atoms with van der Waals surface area (Å²) in [5, 5.41) is 8.85. The number of nitrogens with two attached hydrogens (primary N) is 1. The summed E-state index contributed by atoms with van der Waals surface area (Å²) in [5.74, 6) is -0.925. The van der Waals surface area contributed by atoms with Crippen LogP contribution < -0.4 is 5.73 Å². The van der Waals surface area contributed by atoms with Gasteiger partial charge in [-0.1, -0.05) is 41.0 Å². The summed E-state index contributed by atoms with van der Waals surface area (Å²) < 4.78 is 0. The average Bonchev–Trinajstić information content (AvgIpc) is 2.02. The van der Waals surface area contributed by atoms with Crippen molar-refractivity contribution >= 4 is 5.97 Å². The first-order valence-electron chi connectivity index (χ1n) is 4.65. The maximum Gasteiger partial charge on any atom is 0.321 e. The monoisotopic (exact) mass is 187 g/mol. The number of hydrogen-bond donors (Lipinski definition) is 2. The van der Waals surface area contributed by atoms with Crippen LogP contribution in [0.1, 0.15) is 41.0 Å². The molecule has 0 radical (unpaired) electrons. The Bertz CT molecular complexity index is 197. The molecule has 3 N–H and O–H groups in total. The summed E-state index contributed by atoms with van der Waals surface area (Å²) in [4.78, 5) is 10.8. The largest absolute Gasteiger partial charge is 0.480 e. The second kappa shape index (κ2) is 3.66. The quantitative estimate of drug-likeness (QED) is 0.706. The standard InChI is InChI=1S/C10H21NO2/c1-6-9(2,3)10(4,5)7(11)8(12)13/h7H,6,11H2,1-5H3,(H,12,13). The van der Waals surface area contributed by atoms with E-state index in [0.29, 0.717) is 0 Å². The smallest absolute Gasteiger partial charge is 0.321 e. The van der Waals surface area contributed by atoms with Crippen LogP contribution in [0.15, 0.2) is 0 Å². The molecule has 78 valence electrons. The molecule has 0 saturated carbocycles. The van der Waals surface area contributed by atoms with Gasteiger partial charge in [-0.3, -0.25) is 4.79 Å². The van der Waals surface area contributed by atoms with Crippen LogP contribution in [0.25, 0.3) is 0 Å². The van der Waals surface area contributed by atoms with Crippen LogP contribution >= 0.6 is 0 Å². The lowest BCUT2D eigenvalue weighted by molar-refractivity contribution is -0.143. The molecule has 0 aliphatic heterocycles. The minimum atomic E-state index is -0.925. The molecule has 0 aliphatic carbocycles. The van der Waals surface area contributed by atoms with Crippen molar-refractivity contribution in [3.8, 4) is 0 Å². The van der Waals surface area contributed by atoms with Crippen LogP contribution in [0.4, 0.5) is 0 Å². The summed E-state index contributed by atoms with van der Waals surface area (Å²) in [7, 11) is 0. The second-order valence-corrected chi connectivity index (χ2v) is 4.78. The van der Waals surface area contributed by atoms with Gasteiger partial charge < -0.3 is 10.8 Å². The Balaban J connectivity index is 4.84. The van der Waals surface area contributed by atoms with E-state index in [1.165, 1.54) is 0 Å². The third kappa shape index (κ3) is 2.21. The molecule has 0 rings (SSSR count). The van der Waals surface area contributed by atoms with E-state index in [-0.39, 0.29) is 5.41 Å². The van der Waals surface area contributed by atoms with E-state index in [9.17, 15) is 4.79 Å². The van der Waals surface area contributed by atoms with Gasteiger partial charge in [-0.05, 0) is 10.8 Å². The second-order valence-electron chi connectivity index (χ2n) is 4.78. The van der Waals surface area contributed by atoms with Crippen molar-refractivity contribution in [1.82, 2.24) is 0 Å². The Labute approximate surface area is 80.3 Å². The molecule has 0 fully saturated rings. The van der Waals surface area contributed by atoms with Crippen molar-refractivity contribution < 1.29 is 9.90 Å². The average molecular weight is 187 g/mol. The molecule has 13 heavy (non-hydrogen) atoms. The molecule has 0 spiro atoms. The van der Waals surface area contributed by atoms with E-state index in [4.69, 9.17) is 10.8 Å². The molecule has 1 unspecified atom stereocenters. The van der Waals surface area contributed by atoms with Gasteiger partial charge in [0.1, 0.15) is 6.04 Å². The Morgan fingerprint density at radius 2 is 1.77 bits per heavy atom. The molecular formula is C10H21NO2. The molecule has 0 amide bonds. The van der Waals surface area contributed by atoms with Gasteiger partial charge in [0.15, 0.2) is 0 Å². The molecule has 3 heteroatoms. The SMILES string of the molecule is CCC(C)(C)C(C)(C)C(N)C(=O)O. The van der Waals surface area contributed by atoms with Crippen molar-refractivity contribution in [2.24, 2.45) is 16.6 Å². The van der Waals surface area contributed by atoms with Crippen LogP contribution in [0.3, 0.4) is 0 Å². The summed E-state index contributed by atoms with van der Waals surface area (Å²) in [5.41, 5.74) is 5.20. The highest BCUT2D eigenvalue weighted by atomic mass is 16.4. The first-order chi connectivity index (χ1) is 5.66. The van der Waals surface area contributed by atoms with Gasteiger partial charge in [-0.2, -0.15) is 0 Å². The molecule has 0 saturated heterocycles. The van der Waals surface area contributed by atoms with Crippen LogP contribution in [-0.2, 0) is 4.79 Å². The summed E-state index contributed by atoms with van der Waals surface area (Å²) in [6.45, 7) is 9.98.